The Bertz CT molecular complexity index is 1560. The van der Waals surface area contributed by atoms with Crippen molar-refractivity contribution >= 4 is 23.5 Å². The van der Waals surface area contributed by atoms with Crippen molar-refractivity contribution in [3.05, 3.63) is 129 Å². The minimum absolute atomic E-state index is 0.0646. The minimum atomic E-state index is -0.953. The highest BCUT2D eigenvalue weighted by Gasteiger charge is 2.26. The van der Waals surface area contributed by atoms with Gasteiger partial charge in [-0.15, -0.1) is 0 Å². The van der Waals surface area contributed by atoms with E-state index < -0.39 is 5.97 Å². The first-order chi connectivity index (χ1) is 20.3. The molecule has 0 radical (unpaired) electrons. The molecule has 214 valence electrons. The summed E-state index contributed by atoms with van der Waals surface area (Å²) in [6.07, 6.45) is 2.42. The van der Waals surface area contributed by atoms with Crippen molar-refractivity contribution in [1.29, 1.82) is 5.26 Å². The summed E-state index contributed by atoms with van der Waals surface area (Å²) in [6.45, 7) is 4.30. The van der Waals surface area contributed by atoms with E-state index in [1.54, 1.807) is 12.1 Å². The highest BCUT2D eigenvalue weighted by Crippen LogP contribution is 2.40. The van der Waals surface area contributed by atoms with E-state index >= 15 is 0 Å². The summed E-state index contributed by atoms with van der Waals surface area (Å²) in [5.74, 6) is -1.06. The molecule has 0 fully saturated rings. The Hall–Kier alpha value is -4.40. The number of carboxylic acid groups (broad SMARTS) is 1. The molecule has 42 heavy (non-hydrogen) atoms. The van der Waals surface area contributed by atoms with Crippen LogP contribution in [0.15, 0.2) is 91.0 Å². The first-order valence-electron chi connectivity index (χ1n) is 14.2. The molecule has 0 spiro atoms. The van der Waals surface area contributed by atoms with Crippen molar-refractivity contribution in [3.63, 3.8) is 0 Å². The Morgan fingerprint density at radius 2 is 1.50 bits per heavy atom. The summed E-state index contributed by atoms with van der Waals surface area (Å²) >= 11 is 6.25. The second-order valence-corrected chi connectivity index (χ2v) is 11.1. The van der Waals surface area contributed by atoms with Crippen molar-refractivity contribution in [1.82, 2.24) is 5.32 Å². The van der Waals surface area contributed by atoms with E-state index in [4.69, 9.17) is 16.7 Å². The summed E-state index contributed by atoms with van der Waals surface area (Å²) in [6, 6.07) is 32.4. The number of nitrogens with zero attached hydrogens (tertiary/aromatic N) is 1. The molecule has 0 aliphatic heterocycles. The molecule has 0 saturated heterocycles. The number of hydrogen-bond acceptors (Lipinski definition) is 3. The van der Waals surface area contributed by atoms with Gasteiger partial charge in [-0.05, 0) is 89.8 Å². The summed E-state index contributed by atoms with van der Waals surface area (Å²) in [5.41, 5.74) is 7.67. The van der Waals surface area contributed by atoms with E-state index in [1.165, 1.54) is 5.56 Å². The maximum atomic E-state index is 12.5. The lowest BCUT2D eigenvalue weighted by atomic mass is 9.75. The van der Waals surface area contributed by atoms with Gasteiger partial charge in [0.15, 0.2) is 0 Å². The van der Waals surface area contributed by atoms with Crippen LogP contribution in [0.1, 0.15) is 76.2 Å². The second kappa shape index (κ2) is 14.5. The fraction of sp³-hybridized carbons (Fsp3) is 0.250. The van der Waals surface area contributed by atoms with E-state index in [1.807, 2.05) is 30.3 Å². The number of carbonyl (C=O) groups is 2. The van der Waals surface area contributed by atoms with E-state index in [9.17, 15) is 14.9 Å². The molecule has 0 unspecified atom stereocenters. The molecule has 0 aliphatic carbocycles. The molecule has 0 heterocycles. The van der Waals surface area contributed by atoms with E-state index in [0.717, 1.165) is 40.7 Å². The van der Waals surface area contributed by atoms with Gasteiger partial charge in [0.25, 0.3) is 5.91 Å². The number of carboxylic acids is 1. The van der Waals surface area contributed by atoms with Crippen molar-refractivity contribution in [3.8, 4) is 17.2 Å². The van der Waals surface area contributed by atoms with Crippen LogP contribution in [-0.4, -0.2) is 23.5 Å². The highest BCUT2D eigenvalue weighted by atomic mass is 35.5. The zero-order valence-electron chi connectivity index (χ0n) is 23.9. The van der Waals surface area contributed by atoms with Crippen molar-refractivity contribution in [2.75, 3.05) is 6.54 Å². The van der Waals surface area contributed by atoms with E-state index in [0.29, 0.717) is 22.6 Å². The van der Waals surface area contributed by atoms with Gasteiger partial charge in [0.05, 0.1) is 18.1 Å². The molecule has 2 atom stereocenters. The summed E-state index contributed by atoms with van der Waals surface area (Å²) in [7, 11) is 0. The largest absolute Gasteiger partial charge is 0.481 e. The molecule has 0 aromatic heterocycles. The van der Waals surface area contributed by atoms with Gasteiger partial charge >= 0.3 is 5.97 Å². The zero-order chi connectivity index (χ0) is 30.1. The number of benzene rings is 4. The van der Waals surface area contributed by atoms with Gasteiger partial charge in [-0.3, -0.25) is 9.59 Å². The van der Waals surface area contributed by atoms with Crippen LogP contribution in [0.25, 0.3) is 11.1 Å². The van der Waals surface area contributed by atoms with E-state index in [2.05, 4.69) is 73.8 Å². The molecule has 0 bridgehead atoms. The van der Waals surface area contributed by atoms with Crippen molar-refractivity contribution in [2.24, 2.45) is 0 Å². The van der Waals surface area contributed by atoms with Gasteiger partial charge in [0.1, 0.15) is 0 Å². The average Bonchev–Trinajstić information content (AvgIpc) is 3.00. The third-order valence-electron chi connectivity index (χ3n) is 7.66. The molecular formula is C36H35ClN2O3. The number of nitrogens with one attached hydrogen (secondary N) is 1. The van der Waals surface area contributed by atoms with Gasteiger partial charge in [-0.25, -0.2) is 0 Å². The lowest BCUT2D eigenvalue weighted by molar-refractivity contribution is -0.136. The number of amides is 1. The third kappa shape index (κ3) is 7.87. The number of halogens is 1. The topological polar surface area (TPSA) is 90.2 Å². The Morgan fingerprint density at radius 3 is 2.12 bits per heavy atom. The van der Waals surface area contributed by atoms with Crippen LogP contribution in [0.5, 0.6) is 0 Å². The summed E-state index contributed by atoms with van der Waals surface area (Å²) in [4.78, 5) is 23.3. The Labute approximate surface area is 252 Å². The first kappa shape index (κ1) is 30.6. The number of rotatable bonds is 12. The Morgan fingerprint density at radius 1 is 0.881 bits per heavy atom. The predicted molar refractivity (Wildman–Crippen MR) is 168 cm³/mol. The van der Waals surface area contributed by atoms with Crippen molar-refractivity contribution in [2.45, 2.75) is 51.4 Å². The standard InChI is InChI=1S/C36H35ClN2O3/c1-3-4-33(26-9-11-28(12-10-26)36(42)39-20-19-35(40)41)34(27-15-17-32(37)18-16-27)22-30-14-13-29(21-31(30)23-38)25-7-5-24(2)6-8-25/h5-18,21,33-34H,3-4,19-20,22H2,1-2H3,(H,39,42)(H,40,41)/t33-,34+/m1/s1. The lowest BCUT2D eigenvalue weighted by Crippen LogP contribution is -2.26. The number of hydrogen-bond donors (Lipinski definition) is 2. The molecule has 5 nitrogen and oxygen atoms in total. The van der Waals surface area contributed by atoms with Gasteiger partial charge in [0, 0.05) is 17.1 Å². The van der Waals surface area contributed by atoms with Crippen LogP contribution >= 0.6 is 11.6 Å². The van der Waals surface area contributed by atoms with Crippen LogP contribution in [-0.2, 0) is 11.2 Å². The summed E-state index contributed by atoms with van der Waals surface area (Å²) in [5, 5.41) is 22.3. The fourth-order valence-corrected chi connectivity index (χ4v) is 5.53. The SMILES string of the molecule is CCC[C@H](c1ccc(C(=O)NCCC(=O)O)cc1)[C@@H](Cc1ccc(-c2ccc(C)cc2)cc1C#N)c1ccc(Cl)cc1. The number of aliphatic carboxylic acids is 1. The molecule has 4 rings (SSSR count). The molecule has 0 aliphatic rings. The molecule has 2 N–H and O–H groups in total. The smallest absolute Gasteiger partial charge is 0.305 e. The normalized spacial score (nSPS) is 12.2. The summed E-state index contributed by atoms with van der Waals surface area (Å²) < 4.78 is 0. The Balaban J connectivity index is 1.67. The fourth-order valence-electron chi connectivity index (χ4n) is 5.40. The van der Waals surface area contributed by atoms with Crippen LogP contribution in [0.2, 0.25) is 5.02 Å². The third-order valence-corrected chi connectivity index (χ3v) is 7.92. The second-order valence-electron chi connectivity index (χ2n) is 10.6. The van der Waals surface area contributed by atoms with Crippen molar-refractivity contribution < 1.29 is 14.7 Å². The average molecular weight is 579 g/mol. The quantitative estimate of drug-likeness (QED) is 0.177. The predicted octanol–water partition coefficient (Wildman–Crippen LogP) is 8.30. The monoisotopic (exact) mass is 578 g/mol. The van der Waals surface area contributed by atoms with Gasteiger partial charge in [0.2, 0.25) is 0 Å². The molecular weight excluding hydrogens is 544 g/mol. The van der Waals surface area contributed by atoms with Gasteiger partial charge in [-0.2, -0.15) is 5.26 Å². The maximum Gasteiger partial charge on any atom is 0.305 e. The van der Waals surface area contributed by atoms with Crippen LogP contribution in [0.3, 0.4) is 0 Å². The first-order valence-corrected chi connectivity index (χ1v) is 14.6. The van der Waals surface area contributed by atoms with Crippen LogP contribution in [0, 0.1) is 18.3 Å². The van der Waals surface area contributed by atoms with Crippen LogP contribution in [0.4, 0.5) is 0 Å². The number of carbonyl (C=O) groups excluding carboxylic acids is 1. The molecule has 4 aromatic carbocycles. The highest BCUT2D eigenvalue weighted by molar-refractivity contribution is 6.30. The zero-order valence-corrected chi connectivity index (χ0v) is 24.7. The maximum absolute atomic E-state index is 12.5. The lowest BCUT2D eigenvalue weighted by Gasteiger charge is -2.29. The number of nitriles is 1. The van der Waals surface area contributed by atoms with Gasteiger partial charge in [-0.1, -0.05) is 91.2 Å². The molecule has 6 heteroatoms. The van der Waals surface area contributed by atoms with Gasteiger partial charge < -0.3 is 10.4 Å². The molecule has 4 aromatic rings. The minimum Gasteiger partial charge on any atom is -0.481 e. The molecule has 1 amide bonds. The van der Waals surface area contributed by atoms with E-state index in [-0.39, 0.29) is 30.7 Å². The Kier molecular flexibility index (Phi) is 10.5. The molecule has 0 saturated carbocycles. The van der Waals surface area contributed by atoms with Crippen LogP contribution < -0.4 is 5.32 Å². The number of aryl methyl sites for hydroxylation is 1.